The van der Waals surface area contributed by atoms with Gasteiger partial charge >= 0.3 is 6.18 Å². The van der Waals surface area contributed by atoms with Crippen molar-refractivity contribution >= 4 is 22.2 Å². The third kappa shape index (κ3) is 7.23. The summed E-state index contributed by atoms with van der Waals surface area (Å²) in [7, 11) is 2.03. The second-order valence-corrected chi connectivity index (χ2v) is 10.7. The highest BCUT2D eigenvalue weighted by Gasteiger charge is 2.38. The van der Waals surface area contributed by atoms with E-state index in [1.165, 1.54) is 6.20 Å². The fourth-order valence-corrected chi connectivity index (χ4v) is 5.67. The summed E-state index contributed by atoms with van der Waals surface area (Å²) < 4.78 is 63.0. The third-order valence-corrected chi connectivity index (χ3v) is 7.91. The molecule has 2 atom stereocenters. The van der Waals surface area contributed by atoms with E-state index in [4.69, 9.17) is 4.74 Å². The van der Waals surface area contributed by atoms with Crippen molar-refractivity contribution in [1.82, 2.24) is 14.9 Å². The van der Waals surface area contributed by atoms with Crippen LogP contribution >= 0.6 is 11.3 Å². The number of thiazole rings is 1. The zero-order valence-corrected chi connectivity index (χ0v) is 24.3. The quantitative estimate of drug-likeness (QED) is 0.167. The zero-order chi connectivity index (χ0) is 29.6. The lowest BCUT2D eigenvalue weighted by Gasteiger charge is -2.26. The van der Waals surface area contributed by atoms with Gasteiger partial charge in [0.1, 0.15) is 17.6 Å². The monoisotopic (exact) mass is 586 g/mol. The van der Waals surface area contributed by atoms with Gasteiger partial charge in [0.05, 0.1) is 4.88 Å². The topological polar surface area (TPSA) is 50.3 Å². The molecule has 0 aliphatic rings. The van der Waals surface area contributed by atoms with E-state index in [0.29, 0.717) is 35.4 Å². The Morgan fingerprint density at radius 3 is 2.39 bits per heavy atom. The largest absolute Gasteiger partial charge is 0.437 e. The van der Waals surface area contributed by atoms with Crippen LogP contribution in [-0.2, 0) is 6.18 Å². The summed E-state index contributed by atoms with van der Waals surface area (Å²) in [4.78, 5) is 10.4. The number of nitrogens with one attached hydrogen (secondary N) is 1. The molecule has 5 nitrogen and oxygen atoms in total. The molecule has 0 aliphatic carbocycles. The second-order valence-electron chi connectivity index (χ2n) is 9.69. The van der Waals surface area contributed by atoms with Crippen LogP contribution in [-0.4, -0.2) is 28.5 Å². The van der Waals surface area contributed by atoms with Gasteiger partial charge in [0.25, 0.3) is 0 Å². The summed E-state index contributed by atoms with van der Waals surface area (Å²) in [5.41, 5.74) is 1.21. The minimum atomic E-state index is -4.65. The molecule has 2 aromatic carbocycles. The second kappa shape index (κ2) is 13.4. The lowest BCUT2D eigenvalue weighted by Crippen LogP contribution is -2.23. The minimum absolute atomic E-state index is 0.0139. The Hall–Kier alpha value is -3.50. The van der Waals surface area contributed by atoms with E-state index in [-0.39, 0.29) is 21.9 Å². The van der Waals surface area contributed by atoms with Crippen molar-refractivity contribution in [2.45, 2.75) is 58.4 Å². The number of para-hydroxylation sites is 1. The summed E-state index contributed by atoms with van der Waals surface area (Å²) in [6, 6.07) is 17.4. The van der Waals surface area contributed by atoms with Crippen molar-refractivity contribution < 1.29 is 22.3 Å². The van der Waals surface area contributed by atoms with E-state index in [0.717, 1.165) is 29.9 Å². The van der Waals surface area contributed by atoms with Gasteiger partial charge in [-0.25, -0.2) is 14.4 Å². The van der Waals surface area contributed by atoms with Crippen LogP contribution in [0, 0.1) is 0 Å². The number of halogens is 4. The molecule has 0 fully saturated rings. The predicted molar refractivity (Wildman–Crippen MR) is 157 cm³/mol. The average Bonchev–Trinajstić information content (AvgIpc) is 3.40. The van der Waals surface area contributed by atoms with Gasteiger partial charge in [-0.1, -0.05) is 81.0 Å². The normalized spacial score (nSPS) is 13.3. The fourth-order valence-electron chi connectivity index (χ4n) is 4.67. The van der Waals surface area contributed by atoms with E-state index >= 15 is 0 Å². The first-order valence-corrected chi connectivity index (χ1v) is 14.5. The summed E-state index contributed by atoms with van der Waals surface area (Å²) in [6.45, 7) is 6.92. The molecular formula is C31H34F4N4OS. The maximum absolute atomic E-state index is 14.8. The van der Waals surface area contributed by atoms with Crippen LogP contribution in [0.5, 0.6) is 11.6 Å². The maximum Gasteiger partial charge on any atom is 0.434 e. The first-order chi connectivity index (χ1) is 19.7. The summed E-state index contributed by atoms with van der Waals surface area (Å²) in [5.74, 6) is 0.397. The summed E-state index contributed by atoms with van der Waals surface area (Å²) in [6.07, 6.45) is -2.48. The van der Waals surface area contributed by atoms with Crippen LogP contribution in [0.4, 0.5) is 28.4 Å². The van der Waals surface area contributed by atoms with Gasteiger partial charge in [-0.2, -0.15) is 13.2 Å². The molecule has 10 heteroatoms. The number of hydrogen-bond donors (Lipinski definition) is 1. The van der Waals surface area contributed by atoms with Gasteiger partial charge in [0.2, 0.25) is 5.88 Å². The number of alkyl halides is 4. The zero-order valence-electron chi connectivity index (χ0n) is 23.5. The predicted octanol–water partition coefficient (Wildman–Crippen LogP) is 9.97. The molecule has 0 bridgehead atoms. The molecule has 1 N–H and O–H groups in total. The average molecular weight is 587 g/mol. The Morgan fingerprint density at radius 1 is 1.00 bits per heavy atom. The summed E-state index contributed by atoms with van der Waals surface area (Å²) >= 11 is 0.899. The number of hydrogen-bond acceptors (Lipinski definition) is 6. The van der Waals surface area contributed by atoms with E-state index in [9.17, 15) is 17.6 Å². The van der Waals surface area contributed by atoms with Crippen molar-refractivity contribution in [3.8, 4) is 22.1 Å². The Bertz CT molecular complexity index is 1420. The third-order valence-electron chi connectivity index (χ3n) is 6.89. The number of rotatable bonds is 12. The highest BCUT2D eigenvalue weighted by molar-refractivity contribution is 7.19. The molecular weight excluding hydrogens is 552 g/mol. The van der Waals surface area contributed by atoms with Crippen LogP contribution in [0.3, 0.4) is 0 Å². The summed E-state index contributed by atoms with van der Waals surface area (Å²) in [5, 5.41) is 2.99. The molecule has 0 radical (unpaired) electrons. The van der Waals surface area contributed by atoms with Gasteiger partial charge in [-0.05, 0) is 55.8 Å². The van der Waals surface area contributed by atoms with Crippen molar-refractivity contribution in [1.29, 1.82) is 0 Å². The van der Waals surface area contributed by atoms with Crippen molar-refractivity contribution in [3.63, 3.8) is 0 Å². The first kappa shape index (κ1) is 30.5. The Morgan fingerprint density at radius 2 is 1.73 bits per heavy atom. The smallest absolute Gasteiger partial charge is 0.434 e. The van der Waals surface area contributed by atoms with Crippen LogP contribution in [0.2, 0.25) is 0 Å². The molecule has 0 aliphatic heterocycles. The van der Waals surface area contributed by atoms with E-state index < -0.39 is 18.0 Å². The standard InChI is InChI=1S/C31H34F4N4OS/c1-5-11-23(32)22-12-8-9-14-26(22)40-29-24(13-10-19-36-29)37-30-38-28(31(33,34)35)27(41-30)21-17-15-20(16-18-21)25(6-2)39(4)7-3/h8-10,12-19,23,25H,5-7,11H2,1-4H3,(H,37,38). The molecule has 2 heterocycles. The van der Waals surface area contributed by atoms with Crippen LogP contribution in [0.25, 0.3) is 10.4 Å². The van der Waals surface area contributed by atoms with Gasteiger partial charge in [-0.3, -0.25) is 4.90 Å². The van der Waals surface area contributed by atoms with Crippen LogP contribution in [0.1, 0.15) is 69.1 Å². The Labute approximate surface area is 242 Å². The molecule has 4 aromatic rings. The molecule has 2 unspecified atom stereocenters. The van der Waals surface area contributed by atoms with Gasteiger partial charge in [0, 0.05) is 17.8 Å². The molecule has 0 saturated heterocycles. The van der Waals surface area contributed by atoms with Gasteiger partial charge in [0.15, 0.2) is 10.8 Å². The molecule has 0 spiro atoms. The van der Waals surface area contributed by atoms with Crippen LogP contribution in [0.15, 0.2) is 66.9 Å². The fraction of sp³-hybridized carbons (Fsp3) is 0.355. The molecule has 4 rings (SSSR count). The van der Waals surface area contributed by atoms with Crippen molar-refractivity contribution in [2.24, 2.45) is 0 Å². The van der Waals surface area contributed by atoms with Crippen molar-refractivity contribution in [2.75, 3.05) is 18.9 Å². The number of anilines is 2. The van der Waals surface area contributed by atoms with Gasteiger partial charge < -0.3 is 10.1 Å². The van der Waals surface area contributed by atoms with Crippen molar-refractivity contribution in [3.05, 3.63) is 83.7 Å². The lowest BCUT2D eigenvalue weighted by molar-refractivity contribution is -0.140. The van der Waals surface area contributed by atoms with E-state index in [2.05, 4.69) is 34.0 Å². The maximum atomic E-state index is 14.8. The number of ether oxygens (including phenoxy) is 1. The van der Waals surface area contributed by atoms with E-state index in [1.807, 2.05) is 26.1 Å². The molecule has 218 valence electrons. The highest BCUT2D eigenvalue weighted by atomic mass is 32.1. The van der Waals surface area contributed by atoms with E-state index in [1.54, 1.807) is 48.5 Å². The number of nitrogens with zero attached hydrogens (tertiary/aromatic N) is 3. The Balaban J connectivity index is 1.65. The molecule has 41 heavy (non-hydrogen) atoms. The molecule has 2 aromatic heterocycles. The SMILES string of the molecule is CCCC(F)c1ccccc1Oc1ncccc1Nc1nc(C(F)(F)F)c(-c2ccc(C(CC)N(C)CC)cc2)s1. The first-order valence-electron chi connectivity index (χ1n) is 13.7. The Kier molecular flexibility index (Phi) is 9.99. The minimum Gasteiger partial charge on any atom is -0.437 e. The lowest BCUT2D eigenvalue weighted by atomic mass is 10.0. The molecule has 0 saturated carbocycles. The highest BCUT2D eigenvalue weighted by Crippen LogP contribution is 2.44. The number of aromatic nitrogens is 2. The number of pyridine rings is 1. The van der Waals surface area contributed by atoms with Gasteiger partial charge in [-0.15, -0.1) is 0 Å². The molecule has 0 amide bonds. The van der Waals surface area contributed by atoms with Crippen LogP contribution < -0.4 is 10.1 Å². The number of benzene rings is 2.